The Morgan fingerprint density at radius 3 is 2.61 bits per heavy atom. The van der Waals surface area contributed by atoms with E-state index in [0.29, 0.717) is 6.61 Å². The minimum absolute atomic E-state index is 0.279. The van der Waals surface area contributed by atoms with Crippen molar-refractivity contribution < 1.29 is 18.9 Å². The van der Waals surface area contributed by atoms with Gasteiger partial charge >= 0.3 is 0 Å². The van der Waals surface area contributed by atoms with Crippen molar-refractivity contribution in [3.63, 3.8) is 0 Å². The first-order valence-corrected chi connectivity index (χ1v) is 9.81. The summed E-state index contributed by atoms with van der Waals surface area (Å²) in [6.45, 7) is 8.93. The zero-order valence-corrected chi connectivity index (χ0v) is 15.6. The third-order valence-corrected chi connectivity index (χ3v) is 7.72. The van der Waals surface area contributed by atoms with Gasteiger partial charge in [-0.3, -0.25) is 0 Å². The Labute approximate surface area is 140 Å². The van der Waals surface area contributed by atoms with E-state index in [0.717, 1.165) is 24.8 Å². The van der Waals surface area contributed by atoms with Gasteiger partial charge in [0, 0.05) is 24.8 Å². The molecule has 2 fully saturated rings. The monoisotopic (exact) mass is 338 g/mol. The van der Waals surface area contributed by atoms with Gasteiger partial charge < -0.3 is 18.9 Å². The topological polar surface area (TPSA) is 36.9 Å². The molecule has 0 aromatic heterocycles. The second-order valence-electron chi connectivity index (χ2n) is 6.83. The molecule has 0 aliphatic carbocycles. The molecular formula is C18H27O4P. The van der Waals surface area contributed by atoms with Crippen LogP contribution >= 0.6 is 7.92 Å². The summed E-state index contributed by atoms with van der Waals surface area (Å²) < 4.78 is 24.2. The highest BCUT2D eigenvalue weighted by Gasteiger charge is 2.58. The molecule has 4 unspecified atom stereocenters. The Bertz CT molecular complexity index is 580. The molecule has 2 aliphatic rings. The second kappa shape index (κ2) is 6.00. The molecule has 1 aromatic rings. The van der Waals surface area contributed by atoms with Gasteiger partial charge in [0.15, 0.2) is 11.6 Å². The summed E-state index contributed by atoms with van der Waals surface area (Å²) in [5, 5.41) is 0.995. The highest BCUT2D eigenvalue weighted by atomic mass is 31.1. The number of hydrogen-bond donors (Lipinski definition) is 0. The average molecular weight is 338 g/mol. The lowest BCUT2D eigenvalue weighted by Gasteiger charge is -2.58. The predicted octanol–water partition coefficient (Wildman–Crippen LogP) is 3.83. The molecule has 2 bridgehead atoms. The van der Waals surface area contributed by atoms with Gasteiger partial charge in [-0.15, -0.1) is 0 Å². The molecule has 5 heteroatoms. The maximum Gasteiger partial charge on any atom is 0.172 e. The number of hydrogen-bond acceptors (Lipinski definition) is 4. The van der Waals surface area contributed by atoms with E-state index in [1.807, 2.05) is 32.9 Å². The Kier molecular flexibility index (Phi) is 4.48. The molecule has 3 rings (SSSR count). The molecular weight excluding hydrogens is 311 g/mol. The molecule has 1 aromatic carbocycles. The molecule has 0 amide bonds. The van der Waals surface area contributed by atoms with Crippen LogP contribution in [0.4, 0.5) is 0 Å². The van der Waals surface area contributed by atoms with Gasteiger partial charge in [-0.1, -0.05) is 18.2 Å². The van der Waals surface area contributed by atoms with E-state index in [9.17, 15) is 0 Å². The second-order valence-corrected chi connectivity index (χ2v) is 9.56. The van der Waals surface area contributed by atoms with E-state index in [2.05, 4.69) is 19.1 Å². The first-order chi connectivity index (χ1) is 10.8. The quantitative estimate of drug-likeness (QED) is 0.782. The van der Waals surface area contributed by atoms with Crippen LogP contribution in [0.5, 0.6) is 5.75 Å². The summed E-state index contributed by atoms with van der Waals surface area (Å²) in [6.07, 6.45) is 2.67. The Balaban J connectivity index is 1.98. The van der Waals surface area contributed by atoms with Crippen molar-refractivity contribution >= 4 is 13.2 Å². The van der Waals surface area contributed by atoms with Crippen molar-refractivity contribution in [1.82, 2.24) is 0 Å². The van der Waals surface area contributed by atoms with E-state index in [1.54, 1.807) is 7.11 Å². The maximum atomic E-state index is 6.48. The largest absolute Gasteiger partial charge is 0.496 e. The van der Waals surface area contributed by atoms with Crippen molar-refractivity contribution in [2.45, 2.75) is 57.5 Å². The lowest BCUT2D eigenvalue weighted by molar-refractivity contribution is -0.409. The van der Waals surface area contributed by atoms with Crippen LogP contribution in [-0.2, 0) is 14.2 Å². The SMILES string of the molecule is CCOC1(C)CC2(C)OC(C)(CCP2c2ccccc2OC)O1. The lowest BCUT2D eigenvalue weighted by Crippen LogP contribution is -2.61. The predicted molar refractivity (Wildman–Crippen MR) is 92.7 cm³/mol. The van der Waals surface area contributed by atoms with Crippen molar-refractivity contribution in [2.24, 2.45) is 0 Å². The molecule has 23 heavy (non-hydrogen) atoms. The molecule has 2 saturated heterocycles. The van der Waals surface area contributed by atoms with Crippen LogP contribution in [0, 0.1) is 0 Å². The van der Waals surface area contributed by atoms with Crippen LogP contribution < -0.4 is 10.0 Å². The summed E-state index contributed by atoms with van der Waals surface area (Å²) >= 11 is 0. The van der Waals surface area contributed by atoms with E-state index in [1.165, 1.54) is 5.30 Å². The summed E-state index contributed by atoms with van der Waals surface area (Å²) in [5.74, 6) is -0.214. The molecule has 2 aliphatic heterocycles. The van der Waals surface area contributed by atoms with E-state index in [4.69, 9.17) is 18.9 Å². The van der Waals surface area contributed by atoms with Crippen LogP contribution in [0.1, 0.15) is 40.5 Å². The number of para-hydroxylation sites is 1. The molecule has 0 spiro atoms. The zero-order valence-electron chi connectivity index (χ0n) is 14.7. The van der Waals surface area contributed by atoms with Crippen LogP contribution in [0.2, 0.25) is 0 Å². The summed E-state index contributed by atoms with van der Waals surface area (Å²) in [4.78, 5) is 0. The summed E-state index contributed by atoms with van der Waals surface area (Å²) in [7, 11) is 1.21. The minimum Gasteiger partial charge on any atom is -0.496 e. The molecule has 0 N–H and O–H groups in total. The molecule has 4 nitrogen and oxygen atoms in total. The molecule has 128 valence electrons. The summed E-state index contributed by atoms with van der Waals surface area (Å²) in [5.41, 5.74) is 0. The number of rotatable bonds is 4. The van der Waals surface area contributed by atoms with Gasteiger partial charge in [0.2, 0.25) is 0 Å². The Morgan fingerprint density at radius 1 is 1.17 bits per heavy atom. The molecule has 0 saturated carbocycles. The number of methoxy groups -OCH3 is 1. The van der Waals surface area contributed by atoms with Crippen molar-refractivity contribution in [1.29, 1.82) is 0 Å². The first kappa shape index (κ1) is 17.2. The van der Waals surface area contributed by atoms with Crippen molar-refractivity contribution in [2.75, 3.05) is 19.9 Å². The normalized spacial score (nSPS) is 40.0. The Hall–Kier alpha value is -0.670. The smallest absolute Gasteiger partial charge is 0.172 e. The lowest BCUT2D eigenvalue weighted by atomic mass is 10.0. The van der Waals surface area contributed by atoms with E-state index < -0.39 is 19.5 Å². The third kappa shape index (κ3) is 3.15. The molecule has 0 radical (unpaired) electrons. The standard InChI is InChI=1S/C18H27O4P/c1-6-20-17(3)13-18(4)22-16(2,21-17)11-12-23(18)15-10-8-7-9-14(15)19-5/h7-10H,6,11-13H2,1-5H3. The fraction of sp³-hybridized carbons (Fsp3) is 0.667. The van der Waals surface area contributed by atoms with Crippen LogP contribution in [-0.4, -0.2) is 36.8 Å². The number of benzene rings is 1. The maximum absolute atomic E-state index is 6.48. The average Bonchev–Trinajstić information content (AvgIpc) is 2.45. The first-order valence-electron chi connectivity index (χ1n) is 8.28. The van der Waals surface area contributed by atoms with Crippen LogP contribution in [0.3, 0.4) is 0 Å². The van der Waals surface area contributed by atoms with Crippen LogP contribution in [0.25, 0.3) is 0 Å². The van der Waals surface area contributed by atoms with Gasteiger partial charge in [-0.25, -0.2) is 0 Å². The summed E-state index contributed by atoms with van der Waals surface area (Å²) in [6, 6.07) is 8.31. The number of ether oxygens (including phenoxy) is 4. The highest BCUT2D eigenvalue weighted by molar-refractivity contribution is 7.67. The fourth-order valence-electron chi connectivity index (χ4n) is 4.03. The fourth-order valence-corrected chi connectivity index (χ4v) is 7.36. The van der Waals surface area contributed by atoms with E-state index in [-0.39, 0.29) is 5.34 Å². The zero-order chi connectivity index (χ0) is 16.7. The van der Waals surface area contributed by atoms with Gasteiger partial charge in [-0.05, 0) is 47.8 Å². The Morgan fingerprint density at radius 2 is 1.91 bits per heavy atom. The highest BCUT2D eigenvalue weighted by Crippen LogP contribution is 2.63. The number of fused-ring (bicyclic) bond motifs is 2. The van der Waals surface area contributed by atoms with Gasteiger partial charge in [-0.2, -0.15) is 0 Å². The van der Waals surface area contributed by atoms with Crippen LogP contribution in [0.15, 0.2) is 24.3 Å². The molecule has 4 atom stereocenters. The van der Waals surface area contributed by atoms with Crippen molar-refractivity contribution in [3.8, 4) is 5.75 Å². The van der Waals surface area contributed by atoms with Crippen molar-refractivity contribution in [3.05, 3.63) is 24.3 Å². The van der Waals surface area contributed by atoms with Gasteiger partial charge in [0.1, 0.15) is 5.75 Å². The minimum atomic E-state index is -0.598. The van der Waals surface area contributed by atoms with E-state index >= 15 is 0 Å². The molecule has 2 heterocycles. The van der Waals surface area contributed by atoms with Gasteiger partial charge in [0.25, 0.3) is 0 Å². The third-order valence-electron chi connectivity index (χ3n) is 4.70. The van der Waals surface area contributed by atoms with Gasteiger partial charge in [0.05, 0.1) is 12.5 Å².